The molecule has 0 aliphatic rings. The average Bonchev–Trinajstić information content (AvgIpc) is 2.93. The SMILES string of the molecule is Cc1noc(-c2ccccc2C(=O)NCCC(C)(C)C(=O)O)n1. The van der Waals surface area contributed by atoms with Crippen LogP contribution in [0.5, 0.6) is 0 Å². The first-order chi connectivity index (χ1) is 10.8. The molecule has 1 amide bonds. The monoisotopic (exact) mass is 317 g/mol. The van der Waals surface area contributed by atoms with Crippen molar-refractivity contribution in [2.75, 3.05) is 6.54 Å². The van der Waals surface area contributed by atoms with E-state index in [2.05, 4.69) is 15.5 Å². The fraction of sp³-hybridized carbons (Fsp3) is 0.375. The van der Waals surface area contributed by atoms with Crippen LogP contribution < -0.4 is 5.32 Å². The van der Waals surface area contributed by atoms with Crippen molar-refractivity contribution in [2.45, 2.75) is 27.2 Å². The Hall–Kier alpha value is -2.70. The summed E-state index contributed by atoms with van der Waals surface area (Å²) in [7, 11) is 0. The number of nitrogens with zero attached hydrogens (tertiary/aromatic N) is 2. The summed E-state index contributed by atoms with van der Waals surface area (Å²) in [5, 5.41) is 15.5. The Kier molecular flexibility index (Phi) is 4.78. The van der Waals surface area contributed by atoms with Crippen LogP contribution in [0, 0.1) is 12.3 Å². The fourth-order valence-electron chi connectivity index (χ4n) is 1.96. The Morgan fingerprint density at radius 1 is 1.30 bits per heavy atom. The molecule has 0 unspecified atom stereocenters. The van der Waals surface area contributed by atoms with Gasteiger partial charge in [0.25, 0.3) is 11.8 Å². The first kappa shape index (κ1) is 16.7. The third-order valence-corrected chi connectivity index (χ3v) is 3.54. The zero-order chi connectivity index (χ0) is 17.0. The summed E-state index contributed by atoms with van der Waals surface area (Å²) in [4.78, 5) is 27.6. The molecular weight excluding hydrogens is 298 g/mol. The van der Waals surface area contributed by atoms with E-state index in [1.54, 1.807) is 45.0 Å². The number of aliphatic carboxylic acids is 1. The third-order valence-electron chi connectivity index (χ3n) is 3.54. The first-order valence-electron chi connectivity index (χ1n) is 7.22. The molecule has 2 N–H and O–H groups in total. The molecule has 0 aliphatic carbocycles. The largest absolute Gasteiger partial charge is 0.481 e. The van der Waals surface area contributed by atoms with Crippen LogP contribution in [0.15, 0.2) is 28.8 Å². The van der Waals surface area contributed by atoms with Gasteiger partial charge >= 0.3 is 5.97 Å². The molecule has 0 atom stereocenters. The average molecular weight is 317 g/mol. The number of benzene rings is 1. The van der Waals surface area contributed by atoms with Crippen molar-refractivity contribution in [1.82, 2.24) is 15.5 Å². The van der Waals surface area contributed by atoms with E-state index >= 15 is 0 Å². The lowest BCUT2D eigenvalue weighted by molar-refractivity contribution is -0.147. The van der Waals surface area contributed by atoms with E-state index in [4.69, 9.17) is 9.63 Å². The number of nitrogens with one attached hydrogen (secondary N) is 1. The van der Waals surface area contributed by atoms with Gasteiger partial charge in [0.15, 0.2) is 5.82 Å². The normalized spacial score (nSPS) is 11.3. The lowest BCUT2D eigenvalue weighted by Crippen LogP contribution is -2.32. The molecule has 23 heavy (non-hydrogen) atoms. The van der Waals surface area contributed by atoms with Crippen LogP contribution in [-0.2, 0) is 4.79 Å². The van der Waals surface area contributed by atoms with Gasteiger partial charge in [0.2, 0.25) is 0 Å². The highest BCUT2D eigenvalue weighted by Crippen LogP contribution is 2.22. The van der Waals surface area contributed by atoms with Gasteiger partial charge < -0.3 is 14.9 Å². The zero-order valence-corrected chi connectivity index (χ0v) is 13.3. The molecule has 1 aromatic heterocycles. The van der Waals surface area contributed by atoms with Crippen molar-refractivity contribution in [1.29, 1.82) is 0 Å². The molecule has 0 bridgehead atoms. The number of carboxylic acid groups (broad SMARTS) is 1. The molecule has 1 heterocycles. The van der Waals surface area contributed by atoms with Gasteiger partial charge in [0.05, 0.1) is 16.5 Å². The van der Waals surface area contributed by atoms with Crippen molar-refractivity contribution in [3.63, 3.8) is 0 Å². The molecule has 122 valence electrons. The van der Waals surface area contributed by atoms with Crippen molar-refractivity contribution in [3.8, 4) is 11.5 Å². The molecule has 0 fully saturated rings. The smallest absolute Gasteiger partial charge is 0.309 e. The Labute approximate surface area is 133 Å². The minimum atomic E-state index is -0.895. The molecule has 7 heteroatoms. The van der Waals surface area contributed by atoms with Gasteiger partial charge in [0, 0.05) is 6.54 Å². The van der Waals surface area contributed by atoms with E-state index in [9.17, 15) is 9.59 Å². The number of carbonyl (C=O) groups is 2. The second-order valence-corrected chi connectivity index (χ2v) is 5.89. The van der Waals surface area contributed by atoms with E-state index in [1.165, 1.54) is 0 Å². The summed E-state index contributed by atoms with van der Waals surface area (Å²) >= 11 is 0. The van der Waals surface area contributed by atoms with Crippen molar-refractivity contribution in [3.05, 3.63) is 35.7 Å². The van der Waals surface area contributed by atoms with Crippen LogP contribution in [0.4, 0.5) is 0 Å². The molecule has 7 nitrogen and oxygen atoms in total. The lowest BCUT2D eigenvalue weighted by atomic mass is 9.89. The van der Waals surface area contributed by atoms with Gasteiger partial charge in [-0.15, -0.1) is 0 Å². The fourth-order valence-corrected chi connectivity index (χ4v) is 1.96. The molecule has 1 aromatic carbocycles. The highest BCUT2D eigenvalue weighted by Gasteiger charge is 2.27. The van der Waals surface area contributed by atoms with E-state index in [0.29, 0.717) is 23.4 Å². The number of amides is 1. The van der Waals surface area contributed by atoms with Gasteiger partial charge in [0.1, 0.15) is 0 Å². The molecule has 2 rings (SSSR count). The van der Waals surface area contributed by atoms with Gasteiger partial charge in [-0.3, -0.25) is 9.59 Å². The van der Waals surface area contributed by atoms with Gasteiger partial charge in [-0.2, -0.15) is 4.98 Å². The highest BCUT2D eigenvalue weighted by molar-refractivity contribution is 5.99. The number of aromatic nitrogens is 2. The first-order valence-corrected chi connectivity index (χ1v) is 7.22. The Bertz CT molecular complexity index is 722. The topological polar surface area (TPSA) is 105 Å². The summed E-state index contributed by atoms with van der Waals surface area (Å²) in [6.45, 7) is 5.20. The second kappa shape index (κ2) is 6.60. The number of carbonyl (C=O) groups excluding carboxylic acids is 1. The van der Waals surface area contributed by atoms with Crippen LogP contribution >= 0.6 is 0 Å². The molecule has 2 aromatic rings. The van der Waals surface area contributed by atoms with E-state index in [0.717, 1.165) is 0 Å². The Balaban J connectivity index is 2.10. The van der Waals surface area contributed by atoms with Crippen LogP contribution in [0.1, 0.15) is 36.5 Å². The summed E-state index contributed by atoms with van der Waals surface area (Å²) in [5.41, 5.74) is 0.0588. The maximum atomic E-state index is 12.4. The summed E-state index contributed by atoms with van der Waals surface area (Å²) in [6.07, 6.45) is 0.329. The molecule has 0 radical (unpaired) electrons. The molecule has 0 saturated carbocycles. The predicted molar refractivity (Wildman–Crippen MR) is 82.8 cm³/mol. The van der Waals surface area contributed by atoms with Gasteiger partial charge in [-0.25, -0.2) is 0 Å². The predicted octanol–water partition coefficient (Wildman–Crippen LogP) is 2.28. The number of carboxylic acids is 1. The molecule has 0 aliphatic heterocycles. The van der Waals surface area contributed by atoms with E-state index in [-0.39, 0.29) is 18.3 Å². The van der Waals surface area contributed by atoms with E-state index in [1.807, 2.05) is 0 Å². The number of rotatable bonds is 6. The van der Waals surface area contributed by atoms with Crippen molar-refractivity contribution < 1.29 is 19.2 Å². The van der Waals surface area contributed by atoms with Crippen LogP contribution in [0.3, 0.4) is 0 Å². The Morgan fingerprint density at radius 3 is 2.61 bits per heavy atom. The Morgan fingerprint density at radius 2 is 2.00 bits per heavy atom. The van der Waals surface area contributed by atoms with Crippen LogP contribution in [0.2, 0.25) is 0 Å². The standard InChI is InChI=1S/C16H19N3O4/c1-10-18-14(23-19-10)12-7-5-4-6-11(12)13(20)17-9-8-16(2,3)15(21)22/h4-7H,8-9H2,1-3H3,(H,17,20)(H,21,22). The number of hydrogen-bond acceptors (Lipinski definition) is 5. The highest BCUT2D eigenvalue weighted by atomic mass is 16.5. The lowest BCUT2D eigenvalue weighted by Gasteiger charge is -2.19. The molecular formula is C16H19N3O4. The van der Waals surface area contributed by atoms with Crippen LogP contribution in [0.25, 0.3) is 11.5 Å². The minimum Gasteiger partial charge on any atom is -0.481 e. The quantitative estimate of drug-likeness (QED) is 0.846. The number of aryl methyl sites for hydroxylation is 1. The van der Waals surface area contributed by atoms with Gasteiger partial charge in [-0.1, -0.05) is 17.3 Å². The second-order valence-electron chi connectivity index (χ2n) is 5.89. The summed E-state index contributed by atoms with van der Waals surface area (Å²) in [6, 6.07) is 6.90. The van der Waals surface area contributed by atoms with Crippen molar-refractivity contribution >= 4 is 11.9 Å². The van der Waals surface area contributed by atoms with Crippen molar-refractivity contribution in [2.24, 2.45) is 5.41 Å². The molecule has 0 saturated heterocycles. The minimum absolute atomic E-state index is 0.259. The van der Waals surface area contributed by atoms with Crippen LogP contribution in [-0.4, -0.2) is 33.7 Å². The third kappa shape index (κ3) is 3.94. The van der Waals surface area contributed by atoms with Gasteiger partial charge in [-0.05, 0) is 39.3 Å². The van der Waals surface area contributed by atoms with E-state index < -0.39 is 11.4 Å². The maximum Gasteiger partial charge on any atom is 0.309 e. The summed E-state index contributed by atoms with van der Waals surface area (Å²) < 4.78 is 5.11. The summed E-state index contributed by atoms with van der Waals surface area (Å²) in [5.74, 6) is -0.441. The maximum absolute atomic E-state index is 12.4. The number of hydrogen-bond donors (Lipinski definition) is 2. The zero-order valence-electron chi connectivity index (χ0n) is 13.3. The molecule has 0 spiro atoms.